The second-order valence-electron chi connectivity index (χ2n) is 7.86. The predicted octanol–water partition coefficient (Wildman–Crippen LogP) is 5.84. The summed E-state index contributed by atoms with van der Waals surface area (Å²) in [5.74, 6) is 0.643. The first-order valence-corrected chi connectivity index (χ1v) is 11.1. The van der Waals surface area contributed by atoms with E-state index >= 15 is 0 Å². The Bertz CT molecular complexity index is 1450. The van der Waals surface area contributed by atoms with Gasteiger partial charge in [0.15, 0.2) is 5.82 Å². The maximum absolute atomic E-state index is 12.9. The first kappa shape index (κ1) is 21.4. The molecule has 0 fully saturated rings. The van der Waals surface area contributed by atoms with Gasteiger partial charge in [0.05, 0.1) is 17.8 Å². The Morgan fingerprint density at radius 2 is 1.85 bits per heavy atom. The molecule has 2 heterocycles. The molecule has 1 amide bonds. The molecule has 7 nitrogen and oxygen atoms in total. The Morgan fingerprint density at radius 3 is 2.74 bits per heavy atom. The summed E-state index contributed by atoms with van der Waals surface area (Å²) in [6, 6.07) is 22.4. The minimum atomic E-state index is -0.272. The van der Waals surface area contributed by atoms with Crippen molar-refractivity contribution in [2.24, 2.45) is 0 Å². The second-order valence-corrected chi connectivity index (χ2v) is 8.27. The number of rotatable bonds is 2. The molecule has 5 rings (SSSR count). The summed E-state index contributed by atoms with van der Waals surface area (Å²) in [5, 5.41) is 19.0. The summed E-state index contributed by atoms with van der Waals surface area (Å²) in [6.07, 6.45) is 3.02. The number of aryl methyl sites for hydroxylation is 2. The van der Waals surface area contributed by atoms with Crippen LogP contribution in [0.1, 0.15) is 27.0 Å². The van der Waals surface area contributed by atoms with Crippen molar-refractivity contribution in [2.45, 2.75) is 12.8 Å². The van der Waals surface area contributed by atoms with Crippen LogP contribution >= 0.6 is 11.6 Å². The Labute approximate surface area is 201 Å². The van der Waals surface area contributed by atoms with Gasteiger partial charge in [0.1, 0.15) is 5.02 Å². The number of carbonyl (C=O) groups excluding carboxylic acids is 1. The molecule has 0 spiro atoms. The monoisotopic (exact) mass is 466 g/mol. The molecule has 4 aromatic rings. The van der Waals surface area contributed by atoms with Gasteiger partial charge in [-0.15, -0.1) is 0 Å². The third-order valence-corrected chi connectivity index (χ3v) is 5.76. The Kier molecular flexibility index (Phi) is 5.81. The van der Waals surface area contributed by atoms with Crippen LogP contribution in [0.3, 0.4) is 0 Å². The van der Waals surface area contributed by atoms with Crippen molar-refractivity contribution in [3.63, 3.8) is 0 Å². The fourth-order valence-electron chi connectivity index (χ4n) is 3.79. The fourth-order valence-corrected chi connectivity index (χ4v) is 3.93. The molecule has 6 bridgehead atoms. The number of amides is 1. The highest BCUT2D eigenvalue weighted by atomic mass is 35.5. The zero-order chi connectivity index (χ0) is 23.5. The van der Waals surface area contributed by atoms with E-state index in [9.17, 15) is 4.79 Å². The normalized spacial score (nSPS) is 12.0. The number of nitrogens with zero attached hydrogens (tertiary/aromatic N) is 3. The number of hydrogen-bond donors (Lipinski definition) is 3. The summed E-state index contributed by atoms with van der Waals surface area (Å²) < 4.78 is 0. The van der Waals surface area contributed by atoms with Crippen molar-refractivity contribution in [3.8, 4) is 6.07 Å². The first-order valence-electron chi connectivity index (χ1n) is 10.7. The van der Waals surface area contributed by atoms with Crippen molar-refractivity contribution in [2.75, 3.05) is 16.0 Å². The van der Waals surface area contributed by atoms with E-state index in [1.54, 1.807) is 30.5 Å². The van der Waals surface area contributed by atoms with Gasteiger partial charge in [-0.05, 0) is 72.5 Å². The number of carbonyl (C=O) groups is 1. The minimum absolute atomic E-state index is 0.272. The third-order valence-electron chi connectivity index (χ3n) is 5.48. The number of hydrogen-bond acceptors (Lipinski definition) is 6. The highest BCUT2D eigenvalue weighted by molar-refractivity contribution is 6.32. The molecule has 0 saturated heterocycles. The molecule has 166 valence electrons. The molecule has 0 atom stereocenters. The minimum Gasteiger partial charge on any atom is -0.339 e. The first-order chi connectivity index (χ1) is 16.6. The van der Waals surface area contributed by atoms with Crippen LogP contribution in [0, 0.1) is 11.3 Å². The van der Waals surface area contributed by atoms with E-state index in [1.165, 1.54) is 0 Å². The lowest BCUT2D eigenvalue weighted by Crippen LogP contribution is -2.14. The van der Waals surface area contributed by atoms with E-state index in [-0.39, 0.29) is 5.91 Å². The lowest BCUT2D eigenvalue weighted by molar-refractivity contribution is 0.102. The molecule has 1 aliphatic rings. The zero-order valence-corrected chi connectivity index (χ0v) is 18.7. The molecule has 0 saturated carbocycles. The van der Waals surface area contributed by atoms with Gasteiger partial charge in [0, 0.05) is 22.6 Å². The van der Waals surface area contributed by atoms with Crippen LogP contribution in [0.5, 0.6) is 0 Å². The van der Waals surface area contributed by atoms with Crippen LogP contribution < -0.4 is 16.0 Å². The lowest BCUT2D eigenvalue weighted by Gasteiger charge is -2.15. The molecule has 0 radical (unpaired) electrons. The predicted molar refractivity (Wildman–Crippen MR) is 133 cm³/mol. The number of nitrogens with one attached hydrogen (secondary N) is 3. The quantitative estimate of drug-likeness (QED) is 0.343. The zero-order valence-electron chi connectivity index (χ0n) is 18.0. The molecule has 34 heavy (non-hydrogen) atoms. The highest BCUT2D eigenvalue weighted by Gasteiger charge is 2.14. The highest BCUT2D eigenvalue weighted by Crippen LogP contribution is 2.29. The number of aromatic nitrogens is 2. The molecule has 1 aromatic heterocycles. The van der Waals surface area contributed by atoms with Gasteiger partial charge in [-0.2, -0.15) is 10.2 Å². The van der Waals surface area contributed by atoms with Crippen LogP contribution in [0.25, 0.3) is 0 Å². The van der Waals surface area contributed by atoms with Gasteiger partial charge in [-0.25, -0.2) is 4.98 Å². The number of nitriles is 1. The van der Waals surface area contributed by atoms with Crippen LogP contribution in [0.15, 0.2) is 72.9 Å². The van der Waals surface area contributed by atoms with Crippen molar-refractivity contribution < 1.29 is 4.79 Å². The van der Waals surface area contributed by atoms with Crippen LogP contribution in [0.4, 0.5) is 28.8 Å². The van der Waals surface area contributed by atoms with Gasteiger partial charge >= 0.3 is 0 Å². The topological polar surface area (TPSA) is 103 Å². The third kappa shape index (κ3) is 4.68. The molecular formula is C26H19ClN6O. The average Bonchev–Trinajstić information content (AvgIpc) is 2.86. The summed E-state index contributed by atoms with van der Waals surface area (Å²) in [6.45, 7) is 0. The average molecular weight is 467 g/mol. The standard InChI is InChI=1S/C26H19ClN6O/c27-22-15-29-26-31-20-6-2-3-16(12-20)7-8-18-13-21(30-24(22)33-26)9-10-23(18)32-25(34)19-5-1-4-17(11-19)14-28/h1-6,9-13,15H,7-8H2,(H,32,34)(H2,29,30,31,33). The van der Waals surface area contributed by atoms with Gasteiger partial charge in [-0.3, -0.25) is 4.79 Å². The number of fused-ring (bicyclic) bond motifs is 6. The van der Waals surface area contributed by atoms with Gasteiger partial charge < -0.3 is 16.0 Å². The molecular weight excluding hydrogens is 448 g/mol. The Hall–Kier alpha value is -4.41. The summed E-state index contributed by atoms with van der Waals surface area (Å²) in [5.41, 5.74) is 5.33. The molecule has 0 unspecified atom stereocenters. The number of halogens is 1. The van der Waals surface area contributed by atoms with Crippen LogP contribution in [-0.2, 0) is 12.8 Å². The summed E-state index contributed by atoms with van der Waals surface area (Å²) in [4.78, 5) is 21.7. The summed E-state index contributed by atoms with van der Waals surface area (Å²) in [7, 11) is 0. The van der Waals surface area contributed by atoms with Crippen LogP contribution in [-0.4, -0.2) is 15.9 Å². The molecule has 0 aliphatic carbocycles. The Balaban J connectivity index is 1.52. The second kappa shape index (κ2) is 9.22. The van der Waals surface area contributed by atoms with Crippen molar-refractivity contribution in [3.05, 3.63) is 100 Å². The van der Waals surface area contributed by atoms with Crippen molar-refractivity contribution in [1.29, 1.82) is 5.26 Å². The van der Waals surface area contributed by atoms with Crippen molar-refractivity contribution >= 4 is 46.3 Å². The maximum Gasteiger partial charge on any atom is 0.255 e. The van der Waals surface area contributed by atoms with E-state index in [1.807, 2.05) is 30.3 Å². The van der Waals surface area contributed by atoms with Gasteiger partial charge in [-0.1, -0.05) is 29.8 Å². The SMILES string of the molecule is N#Cc1cccc(C(=O)Nc2ccc3cc2CCc2cccc(c2)Nc2ncc(Cl)c(n2)N3)c1. The van der Waals surface area contributed by atoms with Gasteiger partial charge in [0.2, 0.25) is 5.95 Å². The number of benzene rings is 3. The lowest BCUT2D eigenvalue weighted by atomic mass is 10.0. The summed E-state index contributed by atoms with van der Waals surface area (Å²) >= 11 is 6.33. The van der Waals surface area contributed by atoms with Crippen molar-refractivity contribution in [1.82, 2.24) is 9.97 Å². The van der Waals surface area contributed by atoms with E-state index in [0.29, 0.717) is 40.0 Å². The van der Waals surface area contributed by atoms with E-state index in [0.717, 1.165) is 28.9 Å². The maximum atomic E-state index is 12.9. The molecule has 8 heteroatoms. The molecule has 1 aliphatic heterocycles. The van der Waals surface area contributed by atoms with Crippen LogP contribution in [0.2, 0.25) is 5.02 Å². The molecule has 3 N–H and O–H groups in total. The largest absolute Gasteiger partial charge is 0.339 e. The van der Waals surface area contributed by atoms with E-state index < -0.39 is 0 Å². The van der Waals surface area contributed by atoms with Gasteiger partial charge in [0.25, 0.3) is 5.91 Å². The number of anilines is 5. The Morgan fingerprint density at radius 1 is 1.00 bits per heavy atom. The van der Waals surface area contributed by atoms with E-state index in [2.05, 4.69) is 44.1 Å². The van der Waals surface area contributed by atoms with E-state index in [4.69, 9.17) is 16.9 Å². The fraction of sp³-hybridized carbons (Fsp3) is 0.0769. The molecule has 3 aromatic carbocycles. The smallest absolute Gasteiger partial charge is 0.255 e.